The number of anilines is 1. The van der Waals surface area contributed by atoms with Crippen LogP contribution in [-0.4, -0.2) is 15.8 Å². The van der Waals surface area contributed by atoms with E-state index in [0.29, 0.717) is 0 Å². The van der Waals surface area contributed by atoms with Gasteiger partial charge in [-0.2, -0.15) is 0 Å². The highest BCUT2D eigenvalue weighted by atomic mass is 19.1. The number of aromatic nitrogens is 1. The Balaban J connectivity index is 2.17. The van der Waals surface area contributed by atoms with Gasteiger partial charge in [-0.1, -0.05) is 0 Å². The predicted molar refractivity (Wildman–Crippen MR) is 57.5 cm³/mol. The summed E-state index contributed by atoms with van der Waals surface area (Å²) in [5, 5.41) is 12.6. The van der Waals surface area contributed by atoms with Crippen LogP contribution in [0.5, 0.6) is 0 Å². The van der Waals surface area contributed by atoms with Crippen molar-refractivity contribution in [2.45, 2.75) is 0 Å². The van der Waals surface area contributed by atoms with E-state index in [4.69, 9.17) is 0 Å². The average Bonchev–Trinajstić information content (AvgIpc) is 2.81. The van der Waals surface area contributed by atoms with Crippen molar-refractivity contribution in [3.63, 3.8) is 0 Å². The van der Waals surface area contributed by atoms with Crippen molar-refractivity contribution in [3.8, 4) is 0 Å². The topological polar surface area (TPSA) is 98.3 Å². The van der Waals surface area contributed by atoms with Gasteiger partial charge in [-0.15, -0.1) is 0 Å². The molecule has 2 aromatic rings. The van der Waals surface area contributed by atoms with E-state index in [2.05, 4.69) is 14.7 Å². The lowest BCUT2D eigenvalue weighted by molar-refractivity contribution is -0.402. The van der Waals surface area contributed by atoms with E-state index in [0.717, 1.165) is 18.3 Å². The molecule has 0 aliphatic heterocycles. The van der Waals surface area contributed by atoms with E-state index in [1.54, 1.807) is 0 Å². The number of halogens is 1. The molecule has 2 heterocycles. The fourth-order valence-electron chi connectivity index (χ4n) is 1.21. The number of nitro groups is 1. The number of nitrogens with zero attached hydrogens (tertiary/aromatic N) is 2. The summed E-state index contributed by atoms with van der Waals surface area (Å²) < 4.78 is 17.9. The first-order chi connectivity index (χ1) is 8.58. The first-order valence-electron chi connectivity index (χ1n) is 4.73. The minimum absolute atomic E-state index is 0.0888. The molecule has 7 nitrogen and oxygen atoms in total. The van der Waals surface area contributed by atoms with Gasteiger partial charge in [0.05, 0.1) is 18.0 Å². The number of amides is 1. The molecule has 18 heavy (non-hydrogen) atoms. The van der Waals surface area contributed by atoms with Crippen molar-refractivity contribution in [2.24, 2.45) is 0 Å². The van der Waals surface area contributed by atoms with Gasteiger partial charge in [0, 0.05) is 6.20 Å². The van der Waals surface area contributed by atoms with Crippen LogP contribution >= 0.6 is 0 Å². The molecule has 0 aliphatic rings. The minimum Gasteiger partial charge on any atom is -0.395 e. The summed E-state index contributed by atoms with van der Waals surface area (Å²) in [5.41, 5.74) is -0.0888. The van der Waals surface area contributed by atoms with Crippen molar-refractivity contribution in [3.05, 3.63) is 52.3 Å². The molecule has 0 aromatic carbocycles. The molecule has 8 heteroatoms. The lowest BCUT2D eigenvalue weighted by Gasteiger charge is -2.02. The second-order valence-corrected chi connectivity index (χ2v) is 3.20. The van der Waals surface area contributed by atoms with Crippen molar-refractivity contribution in [2.75, 3.05) is 5.32 Å². The van der Waals surface area contributed by atoms with E-state index in [-0.39, 0.29) is 11.4 Å². The molecule has 0 unspecified atom stereocenters. The van der Waals surface area contributed by atoms with E-state index >= 15 is 0 Å². The summed E-state index contributed by atoms with van der Waals surface area (Å²) in [6, 6.07) is 3.43. The zero-order valence-corrected chi connectivity index (χ0v) is 8.79. The van der Waals surface area contributed by atoms with Crippen LogP contribution in [-0.2, 0) is 0 Å². The highest BCUT2D eigenvalue weighted by Gasteiger charge is 2.18. The van der Waals surface area contributed by atoms with Gasteiger partial charge in [0.2, 0.25) is 0 Å². The predicted octanol–water partition coefficient (Wildman–Crippen LogP) is 1.97. The maximum absolute atomic E-state index is 13.2. The van der Waals surface area contributed by atoms with Gasteiger partial charge < -0.3 is 9.73 Å². The minimum atomic E-state index is -0.784. The Kier molecular flexibility index (Phi) is 3.00. The Morgan fingerprint density at radius 3 is 2.83 bits per heavy atom. The molecule has 1 amide bonds. The maximum atomic E-state index is 13.2. The summed E-state index contributed by atoms with van der Waals surface area (Å²) in [6.07, 6.45) is 2.23. The molecule has 0 atom stereocenters. The molecular formula is C10H6FN3O4. The van der Waals surface area contributed by atoms with Crippen LogP contribution in [0.3, 0.4) is 0 Å². The van der Waals surface area contributed by atoms with Gasteiger partial charge in [-0.25, -0.2) is 4.39 Å². The zero-order valence-electron chi connectivity index (χ0n) is 8.79. The molecule has 92 valence electrons. The van der Waals surface area contributed by atoms with Crippen LogP contribution < -0.4 is 5.32 Å². The second-order valence-electron chi connectivity index (χ2n) is 3.20. The van der Waals surface area contributed by atoms with Crippen LogP contribution in [0.1, 0.15) is 10.6 Å². The summed E-state index contributed by atoms with van der Waals surface area (Å²) in [6.45, 7) is 0. The third-order valence-electron chi connectivity index (χ3n) is 2.02. The number of pyridine rings is 1. The molecule has 0 bridgehead atoms. The van der Waals surface area contributed by atoms with Gasteiger partial charge >= 0.3 is 5.88 Å². The summed E-state index contributed by atoms with van der Waals surface area (Å²) in [5.74, 6) is -2.34. The van der Waals surface area contributed by atoms with Gasteiger partial charge in [0.15, 0.2) is 11.6 Å². The number of nitrogens with one attached hydrogen (secondary N) is 1. The molecule has 1 N–H and O–H groups in total. The van der Waals surface area contributed by atoms with Gasteiger partial charge in [-0.05, 0) is 12.1 Å². The monoisotopic (exact) mass is 251 g/mol. The number of carbonyl (C=O) groups is 1. The zero-order chi connectivity index (χ0) is 13.1. The lowest BCUT2D eigenvalue weighted by atomic mass is 10.3. The van der Waals surface area contributed by atoms with Crippen molar-refractivity contribution in [1.82, 2.24) is 4.98 Å². The SMILES string of the molecule is O=C(Nc1ccncc1F)c1ccc([N+](=O)[O-])o1. The Morgan fingerprint density at radius 2 is 2.22 bits per heavy atom. The van der Waals surface area contributed by atoms with Crippen LogP contribution in [0.25, 0.3) is 0 Å². The smallest absolute Gasteiger partial charge is 0.395 e. The molecule has 0 fully saturated rings. The maximum Gasteiger partial charge on any atom is 0.433 e. The first kappa shape index (κ1) is 11.7. The molecule has 0 aliphatic carbocycles. The highest BCUT2D eigenvalue weighted by molar-refractivity contribution is 6.02. The number of hydrogen-bond donors (Lipinski definition) is 1. The van der Waals surface area contributed by atoms with E-state index in [1.165, 1.54) is 12.3 Å². The van der Waals surface area contributed by atoms with E-state index < -0.39 is 22.5 Å². The van der Waals surface area contributed by atoms with Crippen molar-refractivity contribution < 1.29 is 18.5 Å². The van der Waals surface area contributed by atoms with Crippen LogP contribution in [0.4, 0.5) is 16.0 Å². The number of furan rings is 1. The molecule has 0 saturated carbocycles. The highest BCUT2D eigenvalue weighted by Crippen LogP contribution is 2.18. The van der Waals surface area contributed by atoms with Crippen molar-refractivity contribution >= 4 is 17.5 Å². The van der Waals surface area contributed by atoms with Gasteiger partial charge in [0.1, 0.15) is 4.92 Å². The Bertz CT molecular complexity index is 611. The van der Waals surface area contributed by atoms with E-state index in [9.17, 15) is 19.3 Å². The van der Waals surface area contributed by atoms with Gasteiger partial charge in [0.25, 0.3) is 5.91 Å². The fraction of sp³-hybridized carbons (Fsp3) is 0. The molecule has 0 saturated heterocycles. The largest absolute Gasteiger partial charge is 0.433 e. The third-order valence-corrected chi connectivity index (χ3v) is 2.02. The lowest BCUT2D eigenvalue weighted by Crippen LogP contribution is -2.12. The molecule has 0 spiro atoms. The first-order valence-corrected chi connectivity index (χ1v) is 4.73. The normalized spacial score (nSPS) is 10.1. The van der Waals surface area contributed by atoms with Crippen LogP contribution in [0, 0.1) is 15.9 Å². The number of rotatable bonds is 3. The summed E-state index contributed by atoms with van der Waals surface area (Å²) >= 11 is 0. The summed E-state index contributed by atoms with van der Waals surface area (Å²) in [4.78, 5) is 24.7. The standard InChI is InChI=1S/C10H6FN3O4/c11-6-5-12-4-3-7(6)13-10(15)8-1-2-9(18-8)14(16)17/h1-5H,(H,12,13,15). The number of hydrogen-bond acceptors (Lipinski definition) is 5. The van der Waals surface area contributed by atoms with Crippen molar-refractivity contribution in [1.29, 1.82) is 0 Å². The van der Waals surface area contributed by atoms with Crippen LogP contribution in [0.2, 0.25) is 0 Å². The van der Waals surface area contributed by atoms with Crippen LogP contribution in [0.15, 0.2) is 35.0 Å². The second kappa shape index (κ2) is 4.62. The third kappa shape index (κ3) is 2.32. The fourth-order valence-corrected chi connectivity index (χ4v) is 1.21. The molecule has 2 rings (SSSR count). The van der Waals surface area contributed by atoms with E-state index in [1.807, 2.05) is 0 Å². The summed E-state index contributed by atoms with van der Waals surface area (Å²) in [7, 11) is 0. The number of carbonyl (C=O) groups excluding carboxylic acids is 1. The Labute approximate surface area is 99.4 Å². The Hall–Kier alpha value is -2.77. The Morgan fingerprint density at radius 1 is 1.44 bits per heavy atom. The van der Waals surface area contributed by atoms with Gasteiger partial charge in [-0.3, -0.25) is 19.9 Å². The molecule has 0 radical (unpaired) electrons. The molecular weight excluding hydrogens is 245 g/mol. The molecule has 2 aromatic heterocycles. The average molecular weight is 251 g/mol. The quantitative estimate of drug-likeness (QED) is 0.664.